The minimum Gasteiger partial charge on any atom is -0.417 e. The monoisotopic (exact) mass is 301 g/mol. The highest BCUT2D eigenvalue weighted by Gasteiger charge is 2.06. The fraction of sp³-hybridized carbons (Fsp3) is 0.182. The van der Waals surface area contributed by atoms with Gasteiger partial charge >= 0.3 is 6.08 Å². The number of hydrogen-bond donors (Lipinski definition) is 0. The van der Waals surface area contributed by atoms with Crippen molar-refractivity contribution in [2.24, 2.45) is 0 Å². The third kappa shape index (κ3) is 2.57. The topological polar surface area (TPSA) is 35.3 Å². The number of halogens is 2. The van der Waals surface area contributed by atoms with Crippen LogP contribution in [0.15, 0.2) is 33.4 Å². The van der Waals surface area contributed by atoms with Crippen LogP contribution >= 0.6 is 27.5 Å². The Bertz CT molecular complexity index is 498. The minimum atomic E-state index is 0.206. The summed E-state index contributed by atoms with van der Waals surface area (Å²) in [5.74, 6) is 0.996. The molecule has 0 aliphatic rings. The van der Waals surface area contributed by atoms with Gasteiger partial charge < -0.3 is 9.15 Å². The smallest absolute Gasteiger partial charge is 0.399 e. The van der Waals surface area contributed by atoms with Crippen molar-refractivity contribution in [3.63, 3.8) is 0 Å². The Morgan fingerprint density at radius 3 is 2.94 bits per heavy atom. The second-order valence-corrected chi connectivity index (χ2v) is 4.37. The lowest BCUT2D eigenvalue weighted by Crippen LogP contribution is -1.86. The first kappa shape index (κ1) is 11.5. The molecule has 5 heteroatoms. The SMILES string of the molecule is Cc1cc(Oc2nc(CCl)co2)ccc1Br. The maximum atomic E-state index is 5.60. The van der Waals surface area contributed by atoms with Crippen molar-refractivity contribution in [1.82, 2.24) is 4.98 Å². The van der Waals surface area contributed by atoms with Gasteiger partial charge in [0.15, 0.2) is 0 Å². The van der Waals surface area contributed by atoms with E-state index in [1.165, 1.54) is 6.26 Å². The lowest BCUT2D eigenvalue weighted by Gasteiger charge is -2.02. The molecule has 0 fully saturated rings. The molecule has 0 saturated heterocycles. The molecule has 0 N–H and O–H groups in total. The molecular weight excluding hydrogens is 293 g/mol. The second-order valence-electron chi connectivity index (χ2n) is 3.25. The van der Waals surface area contributed by atoms with E-state index in [9.17, 15) is 0 Å². The number of alkyl halides is 1. The third-order valence-electron chi connectivity index (χ3n) is 2.00. The van der Waals surface area contributed by atoms with Crippen LogP contribution in [0.4, 0.5) is 0 Å². The Labute approximate surface area is 107 Å². The molecule has 0 spiro atoms. The van der Waals surface area contributed by atoms with E-state index in [1.54, 1.807) is 0 Å². The van der Waals surface area contributed by atoms with Crippen LogP contribution in [0.2, 0.25) is 0 Å². The van der Waals surface area contributed by atoms with Crippen molar-refractivity contribution in [3.8, 4) is 11.8 Å². The van der Waals surface area contributed by atoms with Crippen LogP contribution in [0.5, 0.6) is 11.8 Å². The standard InChI is InChI=1S/C11H9BrClNO2/c1-7-4-9(2-3-10(7)12)16-11-14-8(5-13)6-15-11/h2-4,6H,5H2,1H3. The van der Waals surface area contributed by atoms with Gasteiger partial charge in [-0.2, -0.15) is 4.98 Å². The number of aromatic nitrogens is 1. The summed E-state index contributed by atoms with van der Waals surface area (Å²) in [6, 6.07) is 5.65. The zero-order valence-electron chi connectivity index (χ0n) is 8.54. The fourth-order valence-corrected chi connectivity index (χ4v) is 1.55. The molecule has 2 aromatic rings. The van der Waals surface area contributed by atoms with E-state index in [1.807, 2.05) is 25.1 Å². The van der Waals surface area contributed by atoms with Crippen molar-refractivity contribution in [3.05, 3.63) is 40.2 Å². The summed E-state index contributed by atoms with van der Waals surface area (Å²) in [6.45, 7) is 1.98. The zero-order chi connectivity index (χ0) is 11.5. The van der Waals surface area contributed by atoms with E-state index in [0.717, 1.165) is 10.0 Å². The number of nitrogens with zero attached hydrogens (tertiary/aromatic N) is 1. The highest BCUT2D eigenvalue weighted by atomic mass is 79.9. The summed E-state index contributed by atoms with van der Waals surface area (Å²) in [6.07, 6.45) is 1.69. The Morgan fingerprint density at radius 2 is 2.31 bits per heavy atom. The van der Waals surface area contributed by atoms with E-state index in [2.05, 4.69) is 20.9 Å². The molecule has 3 nitrogen and oxygen atoms in total. The van der Waals surface area contributed by atoms with Gasteiger partial charge in [-0.05, 0) is 30.7 Å². The maximum Gasteiger partial charge on any atom is 0.399 e. The van der Waals surface area contributed by atoms with Crippen molar-refractivity contribution >= 4 is 27.5 Å². The van der Waals surface area contributed by atoms with Gasteiger partial charge in [-0.3, -0.25) is 0 Å². The molecule has 0 radical (unpaired) electrons. The van der Waals surface area contributed by atoms with Crippen LogP contribution in [-0.2, 0) is 5.88 Å². The summed E-state index contributed by atoms with van der Waals surface area (Å²) in [7, 11) is 0. The van der Waals surface area contributed by atoms with Crippen molar-refractivity contribution in [2.75, 3.05) is 0 Å². The third-order valence-corrected chi connectivity index (χ3v) is 3.17. The van der Waals surface area contributed by atoms with Gasteiger partial charge in [0.2, 0.25) is 0 Å². The summed E-state index contributed by atoms with van der Waals surface area (Å²) < 4.78 is 11.6. The fourth-order valence-electron chi connectivity index (χ4n) is 1.18. The van der Waals surface area contributed by atoms with Crippen molar-refractivity contribution in [2.45, 2.75) is 12.8 Å². The molecule has 2 rings (SSSR count). The van der Waals surface area contributed by atoms with E-state index in [-0.39, 0.29) is 6.08 Å². The molecule has 84 valence electrons. The predicted octanol–water partition coefficient (Wildman–Crippen LogP) is 4.28. The Balaban J connectivity index is 2.17. The number of aryl methyl sites for hydroxylation is 1. The molecule has 1 aromatic heterocycles. The summed E-state index contributed by atoms with van der Waals surface area (Å²) in [5.41, 5.74) is 1.74. The van der Waals surface area contributed by atoms with Crippen molar-refractivity contribution in [1.29, 1.82) is 0 Å². The van der Waals surface area contributed by atoms with Gasteiger partial charge in [0, 0.05) is 4.47 Å². The normalized spacial score (nSPS) is 10.4. The van der Waals surface area contributed by atoms with E-state index < -0.39 is 0 Å². The van der Waals surface area contributed by atoms with Crippen molar-refractivity contribution < 1.29 is 9.15 Å². The maximum absolute atomic E-state index is 5.60. The number of rotatable bonds is 3. The number of benzene rings is 1. The minimum absolute atomic E-state index is 0.206. The van der Waals surface area contributed by atoms with E-state index >= 15 is 0 Å². The molecule has 0 amide bonds. The molecule has 0 saturated carbocycles. The second kappa shape index (κ2) is 4.89. The lowest BCUT2D eigenvalue weighted by atomic mass is 10.2. The molecule has 0 bridgehead atoms. The van der Waals surface area contributed by atoms with Crippen LogP contribution in [-0.4, -0.2) is 4.98 Å². The van der Waals surface area contributed by atoms with Gasteiger partial charge in [0.25, 0.3) is 0 Å². The largest absolute Gasteiger partial charge is 0.417 e. The molecule has 1 heterocycles. The van der Waals surface area contributed by atoms with Gasteiger partial charge in [0.05, 0.1) is 11.6 Å². The quantitative estimate of drug-likeness (QED) is 0.794. The molecule has 0 unspecified atom stereocenters. The van der Waals surface area contributed by atoms with Gasteiger partial charge in [-0.1, -0.05) is 15.9 Å². The van der Waals surface area contributed by atoms with E-state index in [4.69, 9.17) is 20.8 Å². The molecule has 16 heavy (non-hydrogen) atoms. The van der Waals surface area contributed by atoms with Crippen LogP contribution in [0, 0.1) is 6.92 Å². The first-order valence-electron chi connectivity index (χ1n) is 4.63. The van der Waals surface area contributed by atoms with E-state index in [0.29, 0.717) is 17.3 Å². The highest BCUT2D eigenvalue weighted by Crippen LogP contribution is 2.25. The summed E-state index contributed by atoms with van der Waals surface area (Å²) in [5, 5.41) is 0. The zero-order valence-corrected chi connectivity index (χ0v) is 10.9. The van der Waals surface area contributed by atoms with Crippen LogP contribution in [0.3, 0.4) is 0 Å². The first-order chi connectivity index (χ1) is 7.69. The van der Waals surface area contributed by atoms with Crippen LogP contribution in [0.1, 0.15) is 11.3 Å². The highest BCUT2D eigenvalue weighted by molar-refractivity contribution is 9.10. The molecule has 0 aliphatic heterocycles. The molecule has 0 atom stereocenters. The lowest BCUT2D eigenvalue weighted by molar-refractivity contribution is 0.330. The molecule has 1 aromatic carbocycles. The predicted molar refractivity (Wildman–Crippen MR) is 65.0 cm³/mol. The number of oxazole rings is 1. The molecular formula is C11H9BrClNO2. The Kier molecular flexibility index (Phi) is 3.51. The number of ether oxygens (including phenoxy) is 1. The Hall–Kier alpha value is -1.00. The Morgan fingerprint density at radius 1 is 1.50 bits per heavy atom. The average molecular weight is 303 g/mol. The van der Waals surface area contributed by atoms with Gasteiger partial charge in [-0.25, -0.2) is 0 Å². The average Bonchev–Trinajstić information content (AvgIpc) is 2.71. The molecule has 0 aliphatic carbocycles. The van der Waals surface area contributed by atoms with Crippen LogP contribution in [0.25, 0.3) is 0 Å². The first-order valence-corrected chi connectivity index (χ1v) is 5.96. The van der Waals surface area contributed by atoms with Gasteiger partial charge in [-0.15, -0.1) is 11.6 Å². The number of hydrogen-bond acceptors (Lipinski definition) is 3. The van der Waals surface area contributed by atoms with Crippen LogP contribution < -0.4 is 4.74 Å². The summed E-state index contributed by atoms with van der Waals surface area (Å²) in [4.78, 5) is 4.04. The summed E-state index contributed by atoms with van der Waals surface area (Å²) >= 11 is 9.02. The van der Waals surface area contributed by atoms with Gasteiger partial charge in [0.1, 0.15) is 12.0 Å².